The third kappa shape index (κ3) is 2.73. The lowest BCUT2D eigenvalue weighted by molar-refractivity contribution is 0.107. The van der Waals surface area contributed by atoms with Gasteiger partial charge in [0.1, 0.15) is 0 Å². The molecule has 0 heterocycles. The van der Waals surface area contributed by atoms with E-state index in [-0.39, 0.29) is 6.10 Å². The fraction of sp³-hybridized carbons (Fsp3) is 1.00. The summed E-state index contributed by atoms with van der Waals surface area (Å²) >= 11 is 0. The quantitative estimate of drug-likeness (QED) is 0.753. The van der Waals surface area contributed by atoms with Gasteiger partial charge in [-0.25, -0.2) is 0 Å². The van der Waals surface area contributed by atoms with Crippen LogP contribution in [0.25, 0.3) is 0 Å². The SMILES string of the molecule is CCC(O)CN(C)CC1CC2CCC1C2. The summed E-state index contributed by atoms with van der Waals surface area (Å²) in [5, 5.41) is 9.59. The molecule has 0 aromatic heterocycles. The molecule has 2 saturated carbocycles. The molecule has 1 N–H and O–H groups in total. The Morgan fingerprint density at radius 2 is 2.13 bits per heavy atom. The molecule has 15 heavy (non-hydrogen) atoms. The maximum Gasteiger partial charge on any atom is 0.0664 e. The molecule has 0 aromatic rings. The molecule has 0 radical (unpaired) electrons. The lowest BCUT2D eigenvalue weighted by atomic mass is 9.88. The minimum absolute atomic E-state index is 0.131. The van der Waals surface area contributed by atoms with Gasteiger partial charge in [-0.05, 0) is 50.5 Å². The van der Waals surface area contributed by atoms with Crippen molar-refractivity contribution in [3.8, 4) is 0 Å². The number of aliphatic hydroxyl groups is 1. The van der Waals surface area contributed by atoms with Gasteiger partial charge in [0, 0.05) is 13.1 Å². The Kier molecular flexibility index (Phi) is 3.68. The average Bonchev–Trinajstić information content (AvgIpc) is 2.78. The number of hydrogen-bond acceptors (Lipinski definition) is 2. The predicted molar refractivity (Wildman–Crippen MR) is 62.7 cm³/mol. The normalized spacial score (nSPS) is 36.4. The first-order valence-electron chi connectivity index (χ1n) is 6.55. The zero-order valence-corrected chi connectivity index (χ0v) is 10.2. The van der Waals surface area contributed by atoms with Crippen LogP contribution in [-0.4, -0.2) is 36.2 Å². The molecule has 0 aromatic carbocycles. The van der Waals surface area contributed by atoms with Gasteiger partial charge < -0.3 is 10.0 Å². The highest BCUT2D eigenvalue weighted by Gasteiger charge is 2.39. The first-order chi connectivity index (χ1) is 7.19. The van der Waals surface area contributed by atoms with Gasteiger partial charge >= 0.3 is 0 Å². The fourth-order valence-corrected chi connectivity index (χ4v) is 3.56. The van der Waals surface area contributed by atoms with Crippen molar-refractivity contribution in [2.24, 2.45) is 17.8 Å². The van der Waals surface area contributed by atoms with Crippen molar-refractivity contribution in [3.63, 3.8) is 0 Å². The monoisotopic (exact) mass is 211 g/mol. The van der Waals surface area contributed by atoms with Crippen LogP contribution in [-0.2, 0) is 0 Å². The Balaban J connectivity index is 1.72. The molecule has 2 aliphatic rings. The smallest absolute Gasteiger partial charge is 0.0664 e. The first-order valence-corrected chi connectivity index (χ1v) is 6.55. The Bertz CT molecular complexity index is 207. The van der Waals surface area contributed by atoms with Gasteiger partial charge in [0.25, 0.3) is 0 Å². The third-order valence-electron chi connectivity index (χ3n) is 4.42. The second-order valence-corrected chi connectivity index (χ2v) is 5.72. The summed E-state index contributed by atoms with van der Waals surface area (Å²) in [4.78, 5) is 2.33. The molecule has 4 unspecified atom stereocenters. The van der Waals surface area contributed by atoms with E-state index < -0.39 is 0 Å². The lowest BCUT2D eigenvalue weighted by Crippen LogP contribution is -2.34. The van der Waals surface area contributed by atoms with Crippen molar-refractivity contribution in [1.29, 1.82) is 0 Å². The minimum atomic E-state index is -0.131. The number of hydrogen-bond donors (Lipinski definition) is 1. The van der Waals surface area contributed by atoms with Gasteiger partial charge in [0.05, 0.1) is 6.10 Å². The zero-order chi connectivity index (χ0) is 10.8. The van der Waals surface area contributed by atoms with Crippen molar-refractivity contribution in [2.75, 3.05) is 20.1 Å². The van der Waals surface area contributed by atoms with E-state index in [2.05, 4.69) is 18.9 Å². The number of nitrogens with zero attached hydrogens (tertiary/aromatic N) is 1. The maximum atomic E-state index is 9.59. The van der Waals surface area contributed by atoms with E-state index in [4.69, 9.17) is 0 Å². The van der Waals surface area contributed by atoms with Crippen molar-refractivity contribution >= 4 is 0 Å². The van der Waals surface area contributed by atoms with Crippen molar-refractivity contribution in [1.82, 2.24) is 4.90 Å². The summed E-state index contributed by atoms with van der Waals surface area (Å²) < 4.78 is 0. The van der Waals surface area contributed by atoms with Crippen LogP contribution in [0, 0.1) is 17.8 Å². The van der Waals surface area contributed by atoms with Crippen LogP contribution in [0.2, 0.25) is 0 Å². The van der Waals surface area contributed by atoms with E-state index in [1.54, 1.807) is 0 Å². The Morgan fingerprint density at radius 1 is 1.33 bits per heavy atom. The molecule has 0 aliphatic heterocycles. The largest absolute Gasteiger partial charge is 0.392 e. The summed E-state index contributed by atoms with van der Waals surface area (Å²) in [5.41, 5.74) is 0. The zero-order valence-electron chi connectivity index (χ0n) is 10.2. The molecule has 0 spiro atoms. The van der Waals surface area contributed by atoms with E-state index >= 15 is 0 Å². The predicted octanol–water partition coefficient (Wildman–Crippen LogP) is 2.13. The van der Waals surface area contributed by atoms with Crippen LogP contribution in [0.4, 0.5) is 0 Å². The van der Waals surface area contributed by atoms with Gasteiger partial charge in [0.15, 0.2) is 0 Å². The molecule has 0 amide bonds. The molecule has 0 saturated heterocycles. The number of aliphatic hydroxyl groups excluding tert-OH is 1. The number of likely N-dealkylation sites (N-methyl/N-ethyl adjacent to an activating group) is 1. The summed E-state index contributed by atoms with van der Waals surface area (Å²) in [6.07, 6.45) is 6.66. The topological polar surface area (TPSA) is 23.5 Å². The molecular weight excluding hydrogens is 186 g/mol. The van der Waals surface area contributed by atoms with Crippen LogP contribution in [0.5, 0.6) is 0 Å². The van der Waals surface area contributed by atoms with Crippen LogP contribution in [0.3, 0.4) is 0 Å². The molecule has 2 bridgehead atoms. The number of rotatable bonds is 5. The highest BCUT2D eigenvalue weighted by molar-refractivity contribution is 4.91. The maximum absolute atomic E-state index is 9.59. The second kappa shape index (κ2) is 4.84. The molecule has 2 aliphatic carbocycles. The molecule has 2 nitrogen and oxygen atoms in total. The number of fused-ring (bicyclic) bond motifs is 2. The highest BCUT2D eigenvalue weighted by Crippen LogP contribution is 2.48. The van der Waals surface area contributed by atoms with E-state index in [0.29, 0.717) is 0 Å². The van der Waals surface area contributed by atoms with E-state index in [0.717, 1.165) is 30.7 Å². The van der Waals surface area contributed by atoms with Crippen LogP contribution >= 0.6 is 0 Å². The van der Waals surface area contributed by atoms with Crippen molar-refractivity contribution < 1.29 is 5.11 Å². The second-order valence-electron chi connectivity index (χ2n) is 5.72. The fourth-order valence-electron chi connectivity index (χ4n) is 3.56. The lowest BCUT2D eigenvalue weighted by Gasteiger charge is -2.28. The van der Waals surface area contributed by atoms with Gasteiger partial charge in [0.2, 0.25) is 0 Å². The summed E-state index contributed by atoms with van der Waals surface area (Å²) in [6, 6.07) is 0. The van der Waals surface area contributed by atoms with Gasteiger partial charge in [-0.3, -0.25) is 0 Å². The van der Waals surface area contributed by atoms with E-state index in [1.165, 1.54) is 32.2 Å². The van der Waals surface area contributed by atoms with Crippen LogP contribution in [0.1, 0.15) is 39.0 Å². The Hall–Kier alpha value is -0.0800. The first kappa shape index (κ1) is 11.4. The Morgan fingerprint density at radius 3 is 2.67 bits per heavy atom. The average molecular weight is 211 g/mol. The van der Waals surface area contributed by atoms with Gasteiger partial charge in [-0.2, -0.15) is 0 Å². The summed E-state index contributed by atoms with van der Waals surface area (Å²) in [5.74, 6) is 2.98. The van der Waals surface area contributed by atoms with Crippen molar-refractivity contribution in [3.05, 3.63) is 0 Å². The molecule has 4 atom stereocenters. The molecule has 2 rings (SSSR count). The van der Waals surface area contributed by atoms with Crippen molar-refractivity contribution in [2.45, 2.75) is 45.1 Å². The molecule has 88 valence electrons. The van der Waals surface area contributed by atoms with Gasteiger partial charge in [-0.15, -0.1) is 0 Å². The highest BCUT2D eigenvalue weighted by atomic mass is 16.3. The molecule has 2 heteroatoms. The minimum Gasteiger partial charge on any atom is -0.392 e. The Labute approximate surface area is 93.7 Å². The standard InChI is InChI=1S/C13H25NO/c1-3-13(15)9-14(2)8-12-7-10-4-5-11(12)6-10/h10-13,15H,3-9H2,1-2H3. The summed E-state index contributed by atoms with van der Waals surface area (Å²) in [7, 11) is 2.16. The van der Waals surface area contributed by atoms with Crippen LogP contribution in [0.15, 0.2) is 0 Å². The molecular formula is C13H25NO. The van der Waals surface area contributed by atoms with Crippen LogP contribution < -0.4 is 0 Å². The summed E-state index contributed by atoms with van der Waals surface area (Å²) in [6.45, 7) is 4.11. The van der Waals surface area contributed by atoms with E-state index in [1.807, 2.05) is 0 Å². The van der Waals surface area contributed by atoms with Gasteiger partial charge in [-0.1, -0.05) is 13.3 Å². The van der Waals surface area contributed by atoms with E-state index in [9.17, 15) is 5.11 Å². The third-order valence-corrected chi connectivity index (χ3v) is 4.42. The molecule has 2 fully saturated rings.